The minimum absolute atomic E-state index is 0.109. The first kappa shape index (κ1) is 8.82. The van der Waals surface area contributed by atoms with Gasteiger partial charge in [0, 0.05) is 5.56 Å². The number of rotatable bonds is 2. The van der Waals surface area contributed by atoms with Crippen molar-refractivity contribution in [3.63, 3.8) is 0 Å². The lowest BCUT2D eigenvalue weighted by Crippen LogP contribution is -2.12. The van der Waals surface area contributed by atoms with E-state index in [1.54, 1.807) is 0 Å². The smallest absolute Gasteiger partial charge is 0.216 e. The molecule has 0 bridgehead atoms. The zero-order chi connectivity index (χ0) is 9.26. The van der Waals surface area contributed by atoms with Crippen LogP contribution in [-0.4, -0.2) is 5.12 Å². The Morgan fingerprint density at radius 1 is 1.31 bits per heavy atom. The van der Waals surface area contributed by atoms with Crippen LogP contribution in [0.4, 0.5) is 0 Å². The molecular weight excluding hydrogens is 180 g/mol. The Kier molecular flexibility index (Phi) is 2.40. The molecule has 13 heavy (non-hydrogen) atoms. The van der Waals surface area contributed by atoms with E-state index in [0.29, 0.717) is 5.92 Å². The summed E-state index contributed by atoms with van der Waals surface area (Å²) in [6, 6.07) is 7.80. The fourth-order valence-electron chi connectivity index (χ4n) is 1.77. The Balaban J connectivity index is 2.36. The normalized spacial score (nSPS) is 16.7. The lowest BCUT2D eigenvalue weighted by Gasteiger charge is -2.27. The molecule has 2 rings (SSSR count). The molecule has 68 valence electrons. The van der Waals surface area contributed by atoms with Crippen molar-refractivity contribution in [2.24, 2.45) is 0 Å². The summed E-state index contributed by atoms with van der Waals surface area (Å²) in [5, 5.41) is -0.109. The first-order valence-electron chi connectivity index (χ1n) is 4.61. The van der Waals surface area contributed by atoms with Gasteiger partial charge in [-0.05, 0) is 24.3 Å². The lowest BCUT2D eigenvalue weighted by molar-refractivity contribution is 0.108. The van der Waals surface area contributed by atoms with E-state index in [0.717, 1.165) is 5.56 Å². The number of hydrogen-bond donors (Lipinski definition) is 1. The molecule has 0 saturated heterocycles. The molecule has 0 amide bonds. The van der Waals surface area contributed by atoms with E-state index in [4.69, 9.17) is 0 Å². The highest BCUT2D eigenvalue weighted by molar-refractivity contribution is 7.97. The van der Waals surface area contributed by atoms with Crippen molar-refractivity contribution in [2.45, 2.75) is 25.2 Å². The average molecular weight is 192 g/mol. The monoisotopic (exact) mass is 192 g/mol. The maximum Gasteiger partial charge on any atom is 0.216 e. The number of carbonyl (C=O) groups is 1. The molecular formula is C11H12OS. The predicted molar refractivity (Wildman–Crippen MR) is 56.4 cm³/mol. The Morgan fingerprint density at radius 2 is 2.00 bits per heavy atom. The molecule has 1 aliphatic carbocycles. The summed E-state index contributed by atoms with van der Waals surface area (Å²) in [7, 11) is 0. The summed E-state index contributed by atoms with van der Waals surface area (Å²) in [6.45, 7) is 0. The second-order valence-electron chi connectivity index (χ2n) is 3.52. The topological polar surface area (TPSA) is 17.1 Å². The Labute approximate surface area is 83.6 Å². The van der Waals surface area contributed by atoms with Crippen molar-refractivity contribution in [2.75, 3.05) is 0 Å². The van der Waals surface area contributed by atoms with Crippen LogP contribution in [0.1, 0.15) is 41.1 Å². The van der Waals surface area contributed by atoms with Gasteiger partial charge >= 0.3 is 0 Å². The highest BCUT2D eigenvalue weighted by atomic mass is 32.1. The van der Waals surface area contributed by atoms with Crippen LogP contribution in [0.3, 0.4) is 0 Å². The van der Waals surface area contributed by atoms with Gasteiger partial charge in [0.05, 0.1) is 0 Å². The molecule has 0 heterocycles. The van der Waals surface area contributed by atoms with Gasteiger partial charge in [-0.1, -0.05) is 30.7 Å². The van der Waals surface area contributed by atoms with E-state index >= 15 is 0 Å². The van der Waals surface area contributed by atoms with Crippen LogP contribution >= 0.6 is 12.6 Å². The van der Waals surface area contributed by atoms with Crippen molar-refractivity contribution < 1.29 is 4.79 Å². The molecule has 1 aromatic carbocycles. The first-order chi connectivity index (χ1) is 6.29. The van der Waals surface area contributed by atoms with E-state index in [1.165, 1.54) is 24.8 Å². The zero-order valence-electron chi connectivity index (χ0n) is 7.36. The summed E-state index contributed by atoms with van der Waals surface area (Å²) < 4.78 is 0. The van der Waals surface area contributed by atoms with Gasteiger partial charge < -0.3 is 0 Å². The number of benzene rings is 1. The van der Waals surface area contributed by atoms with Gasteiger partial charge in [0.25, 0.3) is 0 Å². The molecule has 0 radical (unpaired) electrons. The minimum atomic E-state index is -0.109. The minimum Gasteiger partial charge on any atom is -0.282 e. The molecule has 0 unspecified atom stereocenters. The molecule has 1 aliphatic rings. The van der Waals surface area contributed by atoms with E-state index in [-0.39, 0.29) is 5.12 Å². The van der Waals surface area contributed by atoms with Crippen LogP contribution in [-0.2, 0) is 0 Å². The third kappa shape index (κ3) is 1.63. The standard InChI is InChI=1S/C11H12OS/c12-11(13)10-7-2-1-6-9(10)8-4-3-5-8/h1-2,6-8H,3-5H2,(H,12,13). The summed E-state index contributed by atoms with van der Waals surface area (Å²) in [5.41, 5.74) is 1.98. The molecule has 1 saturated carbocycles. The third-order valence-corrected chi connectivity index (χ3v) is 2.98. The summed E-state index contributed by atoms with van der Waals surface area (Å²) in [4.78, 5) is 11.2. The van der Waals surface area contributed by atoms with Crippen LogP contribution in [0.5, 0.6) is 0 Å². The van der Waals surface area contributed by atoms with Gasteiger partial charge in [-0.15, -0.1) is 12.6 Å². The lowest BCUT2D eigenvalue weighted by atomic mass is 9.78. The quantitative estimate of drug-likeness (QED) is 0.713. The summed E-state index contributed by atoms with van der Waals surface area (Å²) in [6.07, 6.45) is 3.73. The molecule has 0 aliphatic heterocycles. The van der Waals surface area contributed by atoms with Crippen molar-refractivity contribution in [3.05, 3.63) is 35.4 Å². The summed E-state index contributed by atoms with van der Waals surface area (Å²) in [5.74, 6) is 0.604. The largest absolute Gasteiger partial charge is 0.282 e. The van der Waals surface area contributed by atoms with Crippen LogP contribution in [0, 0.1) is 0 Å². The van der Waals surface area contributed by atoms with Gasteiger partial charge in [0.15, 0.2) is 0 Å². The Morgan fingerprint density at radius 3 is 2.54 bits per heavy atom. The zero-order valence-corrected chi connectivity index (χ0v) is 8.26. The van der Waals surface area contributed by atoms with Crippen LogP contribution in [0.25, 0.3) is 0 Å². The molecule has 0 aromatic heterocycles. The van der Waals surface area contributed by atoms with Gasteiger partial charge in [0.1, 0.15) is 0 Å². The van der Waals surface area contributed by atoms with Crippen LogP contribution in [0.2, 0.25) is 0 Å². The highest BCUT2D eigenvalue weighted by Crippen LogP contribution is 2.38. The third-order valence-electron chi connectivity index (χ3n) is 2.74. The van der Waals surface area contributed by atoms with Crippen LogP contribution < -0.4 is 0 Å². The van der Waals surface area contributed by atoms with Crippen molar-refractivity contribution >= 4 is 17.7 Å². The molecule has 1 aromatic rings. The Hall–Kier alpha value is -0.760. The van der Waals surface area contributed by atoms with E-state index in [2.05, 4.69) is 12.6 Å². The average Bonchev–Trinajstić information content (AvgIpc) is 2.02. The molecule has 2 heteroatoms. The SMILES string of the molecule is O=C(S)c1ccccc1C1CCC1. The molecule has 0 N–H and O–H groups in total. The Bertz CT molecular complexity index is 329. The molecule has 1 nitrogen and oxygen atoms in total. The van der Waals surface area contributed by atoms with Crippen molar-refractivity contribution in [1.82, 2.24) is 0 Å². The first-order valence-corrected chi connectivity index (χ1v) is 5.06. The number of carbonyl (C=O) groups excluding carboxylic acids is 1. The number of thiol groups is 1. The second-order valence-corrected chi connectivity index (χ2v) is 3.93. The maximum atomic E-state index is 11.2. The van der Waals surface area contributed by atoms with Gasteiger partial charge in [-0.25, -0.2) is 0 Å². The molecule has 0 atom stereocenters. The maximum absolute atomic E-state index is 11.2. The second kappa shape index (κ2) is 3.54. The fraction of sp³-hybridized carbons (Fsp3) is 0.364. The molecule has 0 spiro atoms. The number of hydrogen-bond acceptors (Lipinski definition) is 1. The van der Waals surface area contributed by atoms with Crippen molar-refractivity contribution in [1.29, 1.82) is 0 Å². The van der Waals surface area contributed by atoms with Crippen molar-refractivity contribution in [3.8, 4) is 0 Å². The van der Waals surface area contributed by atoms with Gasteiger partial charge in [-0.2, -0.15) is 0 Å². The predicted octanol–water partition coefficient (Wildman–Crippen LogP) is 3.02. The summed E-state index contributed by atoms with van der Waals surface area (Å²) >= 11 is 3.88. The van der Waals surface area contributed by atoms with E-state index < -0.39 is 0 Å². The van der Waals surface area contributed by atoms with Crippen LogP contribution in [0.15, 0.2) is 24.3 Å². The van der Waals surface area contributed by atoms with Gasteiger partial charge in [-0.3, -0.25) is 4.79 Å². The van der Waals surface area contributed by atoms with E-state index in [1.807, 2.05) is 24.3 Å². The fourth-order valence-corrected chi connectivity index (χ4v) is 1.97. The van der Waals surface area contributed by atoms with E-state index in [9.17, 15) is 4.79 Å². The highest BCUT2D eigenvalue weighted by Gasteiger charge is 2.22. The van der Waals surface area contributed by atoms with Gasteiger partial charge in [0.2, 0.25) is 5.12 Å². The molecule has 1 fully saturated rings.